The molecule has 1 aromatic heterocycles. The Labute approximate surface area is 164 Å². The van der Waals surface area contributed by atoms with Gasteiger partial charge in [-0.25, -0.2) is 0 Å². The van der Waals surface area contributed by atoms with Gasteiger partial charge in [-0.15, -0.1) is 0 Å². The van der Waals surface area contributed by atoms with Gasteiger partial charge in [0, 0.05) is 39.0 Å². The van der Waals surface area contributed by atoms with Crippen molar-refractivity contribution in [3.63, 3.8) is 0 Å². The first-order valence-electron chi connectivity index (χ1n) is 8.74. The third-order valence-electron chi connectivity index (χ3n) is 4.46. The number of allylic oxidation sites excluding steroid dienone is 1. The Morgan fingerprint density at radius 2 is 1.54 bits per heavy atom. The van der Waals surface area contributed by atoms with E-state index >= 15 is 0 Å². The first-order valence-corrected chi connectivity index (χ1v) is 8.74. The first kappa shape index (κ1) is 18.9. The maximum atomic E-state index is 5.72. The zero-order valence-corrected chi connectivity index (χ0v) is 16.1. The van der Waals surface area contributed by atoms with E-state index in [0.717, 1.165) is 49.6 Å². The van der Waals surface area contributed by atoms with Gasteiger partial charge in [0.2, 0.25) is 0 Å². The minimum absolute atomic E-state index is 0.315. The minimum Gasteiger partial charge on any atom is -0.386 e. The molecule has 2 aromatic rings. The van der Waals surface area contributed by atoms with Crippen LogP contribution in [-0.4, -0.2) is 4.98 Å². The summed E-state index contributed by atoms with van der Waals surface area (Å²) in [6.45, 7) is 26.0. The number of hydrogen-bond acceptors (Lipinski definition) is 4. The maximum absolute atomic E-state index is 5.72. The lowest BCUT2D eigenvalue weighted by atomic mass is 10.0. The largest absolute Gasteiger partial charge is 0.386 e. The number of nitrogens with two attached hydrogens (primary N) is 1. The highest BCUT2D eigenvalue weighted by atomic mass is 15.1. The summed E-state index contributed by atoms with van der Waals surface area (Å²) in [5.41, 5.74) is 10.3. The standard InChI is InChI=1S/C23H25N5/c1-12(2)20(13(3)25-16(6)24)22-18-10-8-9-11-19(18)23(28-22)21-14(4)26-17(7)27-15(21)5/h8-11,25-28H,1,3-7,24H2,2H3/b22-20-. The zero-order chi connectivity index (χ0) is 20.6. The normalized spacial score (nSPS) is 15.0. The Bertz CT molecular complexity index is 1180. The molecule has 0 bridgehead atoms. The van der Waals surface area contributed by atoms with Gasteiger partial charge in [0.1, 0.15) is 5.82 Å². The highest BCUT2D eigenvalue weighted by Gasteiger charge is 2.19. The number of nitrogens with one attached hydrogen (secondary N) is 4. The van der Waals surface area contributed by atoms with Gasteiger partial charge in [-0.05, 0) is 12.5 Å². The SMILES string of the molecule is C=C(N)NC(=C)/C(C(=C)C)=c1\[nH]c(=C2C(=C)NC(=C)NC2=C)c2ccccc12. The number of benzene rings is 1. The predicted molar refractivity (Wildman–Crippen MR) is 118 cm³/mol. The molecule has 0 radical (unpaired) electrons. The average Bonchev–Trinajstić information content (AvgIpc) is 2.92. The maximum Gasteiger partial charge on any atom is 0.100 e. The molecular formula is C23H25N5. The lowest BCUT2D eigenvalue weighted by molar-refractivity contribution is 0.833. The Hall–Kier alpha value is -3.86. The monoisotopic (exact) mass is 371 g/mol. The van der Waals surface area contributed by atoms with E-state index in [9.17, 15) is 0 Å². The third kappa shape index (κ3) is 3.25. The molecule has 5 heteroatoms. The molecule has 1 saturated heterocycles. The molecule has 5 nitrogen and oxygen atoms in total. The molecule has 0 atom stereocenters. The molecule has 0 unspecified atom stereocenters. The van der Waals surface area contributed by atoms with E-state index in [1.165, 1.54) is 0 Å². The van der Waals surface area contributed by atoms with E-state index in [0.29, 0.717) is 17.3 Å². The second kappa shape index (κ2) is 7.04. The third-order valence-corrected chi connectivity index (χ3v) is 4.46. The van der Waals surface area contributed by atoms with Gasteiger partial charge in [0.15, 0.2) is 0 Å². The van der Waals surface area contributed by atoms with Gasteiger partial charge < -0.3 is 26.7 Å². The van der Waals surface area contributed by atoms with Crippen LogP contribution < -0.4 is 32.4 Å². The fourth-order valence-electron chi connectivity index (χ4n) is 3.46. The van der Waals surface area contributed by atoms with E-state index in [4.69, 9.17) is 5.73 Å². The van der Waals surface area contributed by atoms with Gasteiger partial charge >= 0.3 is 0 Å². The summed E-state index contributed by atoms with van der Waals surface area (Å²) in [6.07, 6.45) is 0. The lowest BCUT2D eigenvalue weighted by Crippen LogP contribution is -2.35. The van der Waals surface area contributed by atoms with Crippen molar-refractivity contribution in [3.05, 3.63) is 109 Å². The topological polar surface area (TPSA) is 77.9 Å². The molecule has 0 aliphatic carbocycles. The summed E-state index contributed by atoms with van der Waals surface area (Å²) in [7, 11) is 0. The Morgan fingerprint density at radius 1 is 0.964 bits per heavy atom. The summed E-state index contributed by atoms with van der Waals surface area (Å²) in [4.78, 5) is 3.53. The fraction of sp³-hybridized carbons (Fsp3) is 0.0435. The molecule has 28 heavy (non-hydrogen) atoms. The molecule has 1 fully saturated rings. The highest BCUT2D eigenvalue weighted by Crippen LogP contribution is 2.21. The summed E-state index contributed by atoms with van der Waals surface area (Å²) >= 11 is 0. The predicted octanol–water partition coefficient (Wildman–Crippen LogP) is 2.27. The van der Waals surface area contributed by atoms with Gasteiger partial charge in [0.25, 0.3) is 0 Å². The number of fused-ring (bicyclic) bond motifs is 1. The molecule has 1 aliphatic heterocycles. The van der Waals surface area contributed by atoms with Crippen LogP contribution in [0.1, 0.15) is 6.92 Å². The average molecular weight is 371 g/mol. The molecule has 6 N–H and O–H groups in total. The van der Waals surface area contributed by atoms with Crippen molar-refractivity contribution < 1.29 is 0 Å². The second-order valence-electron chi connectivity index (χ2n) is 6.77. The second-order valence-corrected chi connectivity index (χ2v) is 6.77. The van der Waals surface area contributed by atoms with Gasteiger partial charge in [-0.3, -0.25) is 0 Å². The van der Waals surface area contributed by atoms with Crippen LogP contribution in [0.2, 0.25) is 0 Å². The van der Waals surface area contributed by atoms with Crippen LogP contribution in [0.4, 0.5) is 0 Å². The molecule has 0 saturated carbocycles. The molecule has 142 valence electrons. The van der Waals surface area contributed by atoms with Crippen molar-refractivity contribution >= 4 is 21.9 Å². The van der Waals surface area contributed by atoms with Crippen molar-refractivity contribution in [1.82, 2.24) is 20.9 Å². The Balaban J connectivity index is 2.47. The molecule has 2 heterocycles. The number of rotatable bonds is 4. The smallest absolute Gasteiger partial charge is 0.100 e. The number of aromatic nitrogens is 1. The van der Waals surface area contributed by atoms with Crippen LogP contribution in [0.3, 0.4) is 0 Å². The summed E-state index contributed by atoms with van der Waals surface area (Å²) in [6, 6.07) is 8.08. The fourth-order valence-corrected chi connectivity index (χ4v) is 3.46. The number of hydrogen-bond donors (Lipinski definition) is 5. The summed E-state index contributed by atoms with van der Waals surface area (Å²) in [5, 5.41) is 13.1. The van der Waals surface area contributed by atoms with Crippen LogP contribution in [0.25, 0.3) is 21.9 Å². The minimum atomic E-state index is 0.315. The van der Waals surface area contributed by atoms with Crippen molar-refractivity contribution in [3.8, 4) is 0 Å². The zero-order valence-electron chi connectivity index (χ0n) is 16.1. The van der Waals surface area contributed by atoms with Gasteiger partial charge in [-0.1, -0.05) is 63.7 Å². The number of H-pyrrole nitrogens is 1. The molecule has 0 amide bonds. The van der Waals surface area contributed by atoms with Crippen LogP contribution in [0.15, 0.2) is 98.0 Å². The van der Waals surface area contributed by atoms with Crippen LogP contribution in [0, 0.1) is 0 Å². The first-order chi connectivity index (χ1) is 13.2. The van der Waals surface area contributed by atoms with Crippen LogP contribution in [0.5, 0.6) is 0 Å². The molecule has 3 rings (SSSR count). The number of aromatic amines is 1. The van der Waals surface area contributed by atoms with Gasteiger partial charge in [-0.2, -0.15) is 0 Å². The molecular weight excluding hydrogens is 346 g/mol. The summed E-state index contributed by atoms with van der Waals surface area (Å²) in [5.74, 6) is 0.957. The van der Waals surface area contributed by atoms with E-state index in [1.54, 1.807) is 0 Å². The Morgan fingerprint density at radius 3 is 2.07 bits per heavy atom. The van der Waals surface area contributed by atoms with Crippen LogP contribution >= 0.6 is 0 Å². The van der Waals surface area contributed by atoms with E-state index in [2.05, 4.69) is 66.5 Å². The van der Waals surface area contributed by atoms with Crippen molar-refractivity contribution in [2.75, 3.05) is 0 Å². The Kier molecular flexibility index (Phi) is 4.76. The lowest BCUT2D eigenvalue weighted by Gasteiger charge is -2.25. The molecule has 1 aromatic carbocycles. The summed E-state index contributed by atoms with van der Waals surface area (Å²) < 4.78 is 0. The highest BCUT2D eigenvalue weighted by molar-refractivity contribution is 5.93. The molecule has 1 aliphatic rings. The van der Waals surface area contributed by atoms with E-state index in [1.807, 2.05) is 25.1 Å². The van der Waals surface area contributed by atoms with E-state index < -0.39 is 0 Å². The van der Waals surface area contributed by atoms with Crippen LogP contribution in [-0.2, 0) is 0 Å². The molecule has 0 spiro atoms. The van der Waals surface area contributed by atoms with E-state index in [-0.39, 0.29) is 0 Å². The quantitative estimate of drug-likeness (QED) is 0.571. The van der Waals surface area contributed by atoms with Crippen molar-refractivity contribution in [2.24, 2.45) is 5.73 Å². The van der Waals surface area contributed by atoms with Gasteiger partial charge in [0.05, 0.1) is 16.5 Å². The van der Waals surface area contributed by atoms with Crippen molar-refractivity contribution in [2.45, 2.75) is 6.92 Å². The van der Waals surface area contributed by atoms with Crippen molar-refractivity contribution in [1.29, 1.82) is 0 Å².